The van der Waals surface area contributed by atoms with Crippen LogP contribution in [-0.4, -0.2) is 64.8 Å². The van der Waals surface area contributed by atoms with Crippen LogP contribution < -0.4 is 10.5 Å². The molecule has 2 aromatic rings. The smallest absolute Gasteiger partial charge is 0.212 e. The van der Waals surface area contributed by atoms with E-state index in [-0.39, 0.29) is 0 Å². The number of aromatic nitrogens is 3. The number of ether oxygens (including phenoxy) is 2. The van der Waals surface area contributed by atoms with E-state index in [2.05, 4.69) is 46.6 Å². The quantitative estimate of drug-likeness (QED) is 0.685. The van der Waals surface area contributed by atoms with Gasteiger partial charge in [-0.15, -0.1) is 0 Å². The van der Waals surface area contributed by atoms with Crippen molar-refractivity contribution < 1.29 is 9.47 Å². The van der Waals surface area contributed by atoms with Crippen molar-refractivity contribution in [3.05, 3.63) is 41.9 Å². The molecule has 2 fully saturated rings. The number of pyridine rings is 1. The van der Waals surface area contributed by atoms with Crippen LogP contribution in [0.2, 0.25) is 0 Å². The van der Waals surface area contributed by atoms with E-state index in [1.807, 2.05) is 18.3 Å². The Morgan fingerprint density at radius 1 is 1.15 bits per heavy atom. The van der Waals surface area contributed by atoms with E-state index in [0.717, 1.165) is 42.0 Å². The van der Waals surface area contributed by atoms with Crippen LogP contribution in [-0.2, 0) is 4.74 Å². The monoisotopic (exact) mass is 466 g/mol. The normalized spacial score (nSPS) is 22.1. The third-order valence-electron chi connectivity index (χ3n) is 7.17. The van der Waals surface area contributed by atoms with Crippen LogP contribution in [0.5, 0.6) is 5.88 Å². The van der Waals surface area contributed by atoms with Gasteiger partial charge in [0.25, 0.3) is 0 Å². The van der Waals surface area contributed by atoms with Gasteiger partial charge in [-0.25, -0.2) is 9.98 Å². The molecule has 2 aromatic heterocycles. The molecule has 0 amide bonds. The highest BCUT2D eigenvalue weighted by atomic mass is 16.5. The molecule has 2 saturated heterocycles. The first-order valence-corrected chi connectivity index (χ1v) is 12.4. The molecule has 1 atom stereocenters. The minimum atomic E-state index is 0.353. The van der Waals surface area contributed by atoms with Crippen LogP contribution in [0.15, 0.2) is 41.3 Å². The Bertz CT molecular complexity index is 1000. The highest BCUT2D eigenvalue weighted by molar-refractivity contribution is 6.07. The molecule has 34 heavy (non-hydrogen) atoms. The number of nitrogens with zero attached hydrogens (tertiary/aromatic N) is 5. The first kappa shape index (κ1) is 24.4. The summed E-state index contributed by atoms with van der Waals surface area (Å²) in [6.07, 6.45) is 9.53. The molecule has 0 bridgehead atoms. The lowest BCUT2D eigenvalue weighted by molar-refractivity contribution is 0.124. The Balaban J connectivity index is 1.53. The molecule has 0 aliphatic carbocycles. The van der Waals surface area contributed by atoms with Crippen molar-refractivity contribution >= 4 is 17.1 Å². The standard InChI is InChI=1S/C26H38N6O2/c1-18(2)31-11-7-20(8-12-31)19(3)32-17-22(16-29-32)30-24-10-14-34-13-9-23(24)26(27)21-5-6-25(33-4)28-15-21/h5-6,15-20H,7-14,27H2,1-4H3. The van der Waals surface area contributed by atoms with E-state index in [4.69, 9.17) is 20.2 Å². The lowest BCUT2D eigenvalue weighted by Gasteiger charge is -2.37. The second-order valence-electron chi connectivity index (χ2n) is 9.54. The zero-order valence-corrected chi connectivity index (χ0v) is 20.9. The predicted octanol–water partition coefficient (Wildman–Crippen LogP) is 4.22. The van der Waals surface area contributed by atoms with Crippen LogP contribution in [0.25, 0.3) is 5.70 Å². The summed E-state index contributed by atoms with van der Waals surface area (Å²) < 4.78 is 13.0. The van der Waals surface area contributed by atoms with Crippen LogP contribution >= 0.6 is 0 Å². The van der Waals surface area contributed by atoms with Gasteiger partial charge in [0.1, 0.15) is 5.69 Å². The van der Waals surface area contributed by atoms with Gasteiger partial charge in [0.2, 0.25) is 5.88 Å². The Kier molecular flexibility index (Phi) is 8.00. The predicted molar refractivity (Wildman–Crippen MR) is 135 cm³/mol. The molecular formula is C26H38N6O2. The molecule has 2 aliphatic heterocycles. The summed E-state index contributed by atoms with van der Waals surface area (Å²) >= 11 is 0. The van der Waals surface area contributed by atoms with Crippen molar-refractivity contribution in [2.45, 2.75) is 58.5 Å². The van der Waals surface area contributed by atoms with Gasteiger partial charge in [0.15, 0.2) is 0 Å². The zero-order chi connectivity index (χ0) is 24.1. The van der Waals surface area contributed by atoms with Gasteiger partial charge in [0, 0.05) is 41.7 Å². The summed E-state index contributed by atoms with van der Waals surface area (Å²) in [7, 11) is 1.60. The molecule has 0 radical (unpaired) electrons. The third-order valence-corrected chi connectivity index (χ3v) is 7.17. The van der Waals surface area contributed by atoms with E-state index >= 15 is 0 Å². The van der Waals surface area contributed by atoms with Crippen molar-refractivity contribution in [1.29, 1.82) is 0 Å². The second-order valence-corrected chi connectivity index (χ2v) is 9.54. The van der Waals surface area contributed by atoms with Gasteiger partial charge in [0.05, 0.1) is 38.8 Å². The molecule has 0 spiro atoms. The Morgan fingerprint density at radius 3 is 2.59 bits per heavy atom. The summed E-state index contributed by atoms with van der Waals surface area (Å²) in [5.41, 5.74) is 11.0. The molecule has 2 N–H and O–H groups in total. The number of likely N-dealkylation sites (tertiary alicyclic amines) is 1. The van der Waals surface area contributed by atoms with Crippen molar-refractivity contribution in [2.24, 2.45) is 16.6 Å². The van der Waals surface area contributed by atoms with E-state index in [9.17, 15) is 0 Å². The maximum absolute atomic E-state index is 6.60. The number of methoxy groups -OCH3 is 1. The average molecular weight is 467 g/mol. The summed E-state index contributed by atoms with van der Waals surface area (Å²) in [6, 6.07) is 4.73. The molecule has 0 aromatic carbocycles. The van der Waals surface area contributed by atoms with Gasteiger partial charge < -0.3 is 20.1 Å². The average Bonchev–Trinajstić information content (AvgIpc) is 3.21. The largest absolute Gasteiger partial charge is 0.481 e. The van der Waals surface area contributed by atoms with Crippen molar-refractivity contribution in [1.82, 2.24) is 19.7 Å². The van der Waals surface area contributed by atoms with E-state index in [0.29, 0.717) is 49.2 Å². The van der Waals surface area contributed by atoms with Crippen LogP contribution in [0, 0.1) is 5.92 Å². The number of nitrogens with two attached hydrogens (primary N) is 1. The van der Waals surface area contributed by atoms with E-state index in [1.54, 1.807) is 13.3 Å². The van der Waals surface area contributed by atoms with Crippen molar-refractivity contribution in [2.75, 3.05) is 33.4 Å². The lowest BCUT2D eigenvalue weighted by atomic mass is 9.90. The highest BCUT2D eigenvalue weighted by Crippen LogP contribution is 2.30. The number of hydrogen-bond donors (Lipinski definition) is 1. The number of aliphatic imine (C=N–C) groups is 1. The molecule has 1 unspecified atom stereocenters. The zero-order valence-electron chi connectivity index (χ0n) is 20.9. The van der Waals surface area contributed by atoms with Gasteiger partial charge in [-0.1, -0.05) is 0 Å². The van der Waals surface area contributed by atoms with Crippen LogP contribution in [0.4, 0.5) is 5.69 Å². The molecule has 184 valence electrons. The molecule has 0 saturated carbocycles. The Morgan fingerprint density at radius 2 is 1.91 bits per heavy atom. The van der Waals surface area contributed by atoms with Crippen molar-refractivity contribution in [3.63, 3.8) is 0 Å². The Labute approximate surface area is 202 Å². The minimum Gasteiger partial charge on any atom is -0.481 e. The molecule has 2 aliphatic rings. The fourth-order valence-corrected chi connectivity index (χ4v) is 4.89. The highest BCUT2D eigenvalue weighted by Gasteiger charge is 2.26. The number of hydrogen-bond acceptors (Lipinski definition) is 7. The fourth-order valence-electron chi connectivity index (χ4n) is 4.89. The minimum absolute atomic E-state index is 0.353. The van der Waals surface area contributed by atoms with Gasteiger partial charge in [-0.3, -0.25) is 4.68 Å². The maximum atomic E-state index is 6.60. The third kappa shape index (κ3) is 5.67. The summed E-state index contributed by atoms with van der Waals surface area (Å²) in [5.74, 6) is 1.20. The number of piperidine rings is 1. The lowest BCUT2D eigenvalue weighted by Crippen LogP contribution is -2.40. The Hall–Kier alpha value is -2.71. The second kappa shape index (κ2) is 11.1. The topological polar surface area (TPSA) is 90.8 Å². The first-order chi connectivity index (χ1) is 16.5. The van der Waals surface area contributed by atoms with Gasteiger partial charge >= 0.3 is 0 Å². The van der Waals surface area contributed by atoms with Crippen LogP contribution in [0.3, 0.4) is 0 Å². The van der Waals surface area contributed by atoms with Crippen molar-refractivity contribution in [3.8, 4) is 5.88 Å². The maximum Gasteiger partial charge on any atom is 0.212 e. The van der Waals surface area contributed by atoms with Gasteiger partial charge in [-0.2, -0.15) is 5.10 Å². The number of rotatable bonds is 6. The molecule has 8 heteroatoms. The first-order valence-electron chi connectivity index (χ1n) is 12.4. The van der Waals surface area contributed by atoms with Crippen LogP contribution in [0.1, 0.15) is 58.1 Å². The molecule has 4 rings (SSSR count). The summed E-state index contributed by atoms with van der Waals surface area (Å²) in [4.78, 5) is 11.9. The molecular weight excluding hydrogens is 428 g/mol. The SMILES string of the molecule is COc1ccc(C(N)=C2CCOCCC2=Nc2cnn(C(C)C3CCN(C(C)C)CC3)c2)cn1. The summed E-state index contributed by atoms with van der Waals surface area (Å²) in [5, 5.41) is 4.68. The fraction of sp³-hybridized carbons (Fsp3) is 0.577. The summed E-state index contributed by atoms with van der Waals surface area (Å²) in [6.45, 7) is 10.4. The van der Waals surface area contributed by atoms with E-state index in [1.165, 1.54) is 12.8 Å². The van der Waals surface area contributed by atoms with E-state index < -0.39 is 0 Å². The van der Waals surface area contributed by atoms with Gasteiger partial charge in [-0.05, 0) is 70.7 Å². The molecule has 4 heterocycles. The molecule has 8 nitrogen and oxygen atoms in total.